The molecule has 20 heavy (non-hydrogen) atoms. The van der Waals surface area contributed by atoms with Crippen molar-refractivity contribution in [3.63, 3.8) is 0 Å². The Morgan fingerprint density at radius 1 is 1.25 bits per heavy atom. The minimum Gasteiger partial charge on any atom is -0.508 e. The van der Waals surface area contributed by atoms with Gasteiger partial charge in [-0.15, -0.1) is 0 Å². The van der Waals surface area contributed by atoms with E-state index in [-0.39, 0.29) is 12.3 Å². The van der Waals surface area contributed by atoms with Gasteiger partial charge in [0.05, 0.1) is 5.69 Å². The summed E-state index contributed by atoms with van der Waals surface area (Å²) in [6.07, 6.45) is -1.09. The number of phenolic OH excluding ortho intramolecular Hbond substituents is 1. The number of phenols is 1. The first-order valence-corrected chi connectivity index (χ1v) is 5.86. The van der Waals surface area contributed by atoms with Crippen LogP contribution < -0.4 is 15.8 Å². The van der Waals surface area contributed by atoms with Gasteiger partial charge in [0.25, 0.3) is 0 Å². The number of hydrogen-bond acceptors (Lipinski definition) is 4. The van der Waals surface area contributed by atoms with Crippen LogP contribution in [-0.2, 0) is 6.54 Å². The molecule has 0 fully saturated rings. The van der Waals surface area contributed by atoms with Gasteiger partial charge in [-0.25, -0.2) is 4.79 Å². The minimum absolute atomic E-state index is 0.0536. The number of amides is 1. The van der Waals surface area contributed by atoms with E-state index in [1.54, 1.807) is 30.3 Å². The van der Waals surface area contributed by atoms with Gasteiger partial charge < -0.3 is 26.0 Å². The summed E-state index contributed by atoms with van der Waals surface area (Å²) in [5.74, 6) is 0.901. The Bertz CT molecular complexity index is 628. The molecule has 2 aromatic carbocycles. The highest BCUT2D eigenvalue weighted by Gasteiger charge is 2.05. The third-order valence-corrected chi connectivity index (χ3v) is 2.57. The van der Waals surface area contributed by atoms with Gasteiger partial charge in [-0.2, -0.15) is 0 Å². The Kier molecular flexibility index (Phi) is 3.95. The highest BCUT2D eigenvalue weighted by atomic mass is 16.5. The number of ether oxygens (including phenoxy) is 1. The quantitative estimate of drug-likeness (QED) is 0.506. The van der Waals surface area contributed by atoms with Crippen LogP contribution in [0.2, 0.25) is 0 Å². The van der Waals surface area contributed by atoms with Gasteiger partial charge in [0.2, 0.25) is 0 Å². The number of aromatic hydroxyl groups is 1. The number of nitrogen functional groups attached to an aromatic ring is 1. The average Bonchev–Trinajstić information content (AvgIpc) is 2.41. The summed E-state index contributed by atoms with van der Waals surface area (Å²) in [7, 11) is 0. The van der Waals surface area contributed by atoms with E-state index < -0.39 is 6.09 Å². The third kappa shape index (κ3) is 3.55. The summed E-state index contributed by atoms with van der Waals surface area (Å²) in [5, 5.41) is 20.2. The van der Waals surface area contributed by atoms with E-state index in [1.165, 1.54) is 12.1 Å². The van der Waals surface area contributed by atoms with Crippen molar-refractivity contribution in [3.05, 3.63) is 48.0 Å². The zero-order valence-electron chi connectivity index (χ0n) is 10.5. The summed E-state index contributed by atoms with van der Waals surface area (Å²) in [5.41, 5.74) is 6.90. The van der Waals surface area contributed by atoms with Crippen molar-refractivity contribution in [2.24, 2.45) is 0 Å². The molecule has 0 saturated carbocycles. The van der Waals surface area contributed by atoms with E-state index in [9.17, 15) is 9.90 Å². The monoisotopic (exact) mass is 274 g/mol. The molecule has 0 aliphatic carbocycles. The van der Waals surface area contributed by atoms with E-state index >= 15 is 0 Å². The van der Waals surface area contributed by atoms with Crippen LogP contribution in [0.5, 0.6) is 17.2 Å². The molecule has 2 rings (SSSR count). The smallest absolute Gasteiger partial charge is 0.404 e. The lowest BCUT2D eigenvalue weighted by Crippen LogP contribution is -2.19. The van der Waals surface area contributed by atoms with Crippen LogP contribution >= 0.6 is 0 Å². The van der Waals surface area contributed by atoms with Crippen molar-refractivity contribution in [2.75, 3.05) is 5.73 Å². The van der Waals surface area contributed by atoms with Crippen molar-refractivity contribution < 1.29 is 19.7 Å². The SMILES string of the molecule is Nc1ccc(O)cc1Oc1cccc(CNC(=O)O)c1. The lowest BCUT2D eigenvalue weighted by Gasteiger charge is -2.10. The van der Waals surface area contributed by atoms with E-state index in [1.807, 2.05) is 0 Å². The fourth-order valence-corrected chi connectivity index (χ4v) is 1.64. The Hall–Kier alpha value is -2.89. The molecule has 0 heterocycles. The summed E-state index contributed by atoms with van der Waals surface area (Å²) < 4.78 is 5.58. The number of rotatable bonds is 4. The molecule has 6 nitrogen and oxygen atoms in total. The Balaban J connectivity index is 2.15. The predicted octanol–water partition coefficient (Wildman–Crippen LogP) is 2.53. The van der Waals surface area contributed by atoms with Crippen LogP contribution in [0, 0.1) is 0 Å². The van der Waals surface area contributed by atoms with Crippen molar-refractivity contribution in [2.45, 2.75) is 6.54 Å². The molecule has 2 aromatic rings. The Morgan fingerprint density at radius 2 is 2.05 bits per heavy atom. The number of anilines is 1. The lowest BCUT2D eigenvalue weighted by atomic mass is 10.2. The number of nitrogens with one attached hydrogen (secondary N) is 1. The lowest BCUT2D eigenvalue weighted by molar-refractivity contribution is 0.194. The molecule has 0 unspecified atom stereocenters. The fraction of sp³-hybridized carbons (Fsp3) is 0.0714. The number of benzene rings is 2. The minimum atomic E-state index is -1.09. The average molecular weight is 274 g/mol. The molecule has 0 aliphatic rings. The van der Waals surface area contributed by atoms with Gasteiger partial charge in [0, 0.05) is 12.6 Å². The summed E-state index contributed by atoms with van der Waals surface area (Å²) in [6.45, 7) is 0.183. The number of carboxylic acid groups (broad SMARTS) is 1. The number of nitrogens with two attached hydrogens (primary N) is 1. The van der Waals surface area contributed by atoms with E-state index in [0.29, 0.717) is 17.2 Å². The molecular formula is C14H14N2O4. The second-order valence-electron chi connectivity index (χ2n) is 4.13. The first kappa shape index (κ1) is 13.5. The topological polar surface area (TPSA) is 105 Å². The van der Waals surface area contributed by atoms with Crippen LogP contribution in [0.1, 0.15) is 5.56 Å². The maximum absolute atomic E-state index is 10.4. The van der Waals surface area contributed by atoms with Crippen molar-refractivity contribution in [3.8, 4) is 17.2 Å². The molecule has 0 spiro atoms. The summed E-state index contributed by atoms with van der Waals surface area (Å²) >= 11 is 0. The third-order valence-electron chi connectivity index (χ3n) is 2.57. The van der Waals surface area contributed by atoms with Gasteiger partial charge in [0.1, 0.15) is 11.5 Å². The Morgan fingerprint density at radius 3 is 2.80 bits per heavy atom. The fourth-order valence-electron chi connectivity index (χ4n) is 1.64. The zero-order chi connectivity index (χ0) is 14.5. The maximum atomic E-state index is 10.4. The van der Waals surface area contributed by atoms with Crippen LogP contribution in [0.3, 0.4) is 0 Å². The van der Waals surface area contributed by atoms with E-state index in [0.717, 1.165) is 5.56 Å². The second-order valence-corrected chi connectivity index (χ2v) is 4.13. The van der Waals surface area contributed by atoms with Crippen molar-refractivity contribution in [1.29, 1.82) is 0 Å². The summed E-state index contributed by atoms with van der Waals surface area (Å²) in [4.78, 5) is 10.4. The first-order chi connectivity index (χ1) is 9.54. The molecule has 1 amide bonds. The molecule has 5 N–H and O–H groups in total. The molecular weight excluding hydrogens is 260 g/mol. The van der Waals surface area contributed by atoms with E-state index in [4.69, 9.17) is 15.6 Å². The van der Waals surface area contributed by atoms with Crippen LogP contribution in [0.15, 0.2) is 42.5 Å². The highest BCUT2D eigenvalue weighted by molar-refractivity contribution is 5.64. The maximum Gasteiger partial charge on any atom is 0.404 e. The first-order valence-electron chi connectivity index (χ1n) is 5.86. The van der Waals surface area contributed by atoms with Crippen LogP contribution in [-0.4, -0.2) is 16.3 Å². The molecule has 104 valence electrons. The molecule has 0 bridgehead atoms. The van der Waals surface area contributed by atoms with Crippen molar-refractivity contribution in [1.82, 2.24) is 5.32 Å². The zero-order valence-corrected chi connectivity index (χ0v) is 10.5. The molecule has 0 aliphatic heterocycles. The number of carbonyl (C=O) groups is 1. The van der Waals surface area contributed by atoms with Gasteiger partial charge in [-0.3, -0.25) is 0 Å². The largest absolute Gasteiger partial charge is 0.508 e. The molecule has 6 heteroatoms. The predicted molar refractivity (Wildman–Crippen MR) is 73.9 cm³/mol. The highest BCUT2D eigenvalue weighted by Crippen LogP contribution is 2.30. The molecule has 0 radical (unpaired) electrons. The Labute approximate surface area is 115 Å². The van der Waals surface area contributed by atoms with Gasteiger partial charge in [-0.1, -0.05) is 12.1 Å². The molecule has 0 saturated heterocycles. The molecule has 0 atom stereocenters. The van der Waals surface area contributed by atoms with Crippen LogP contribution in [0.4, 0.5) is 10.5 Å². The number of hydrogen-bond donors (Lipinski definition) is 4. The normalized spacial score (nSPS) is 10.0. The summed E-state index contributed by atoms with van der Waals surface area (Å²) in [6, 6.07) is 11.3. The van der Waals surface area contributed by atoms with Gasteiger partial charge in [0.15, 0.2) is 5.75 Å². The van der Waals surface area contributed by atoms with Crippen molar-refractivity contribution >= 4 is 11.8 Å². The molecule has 0 aromatic heterocycles. The second kappa shape index (κ2) is 5.83. The standard InChI is InChI=1S/C14H14N2O4/c15-12-5-4-10(17)7-13(12)20-11-3-1-2-9(6-11)8-16-14(18)19/h1-7,16-17H,8,15H2,(H,18,19). The van der Waals surface area contributed by atoms with Crippen LogP contribution in [0.25, 0.3) is 0 Å². The van der Waals surface area contributed by atoms with Gasteiger partial charge in [-0.05, 0) is 29.8 Å². The van der Waals surface area contributed by atoms with E-state index in [2.05, 4.69) is 5.32 Å². The van der Waals surface area contributed by atoms with Gasteiger partial charge >= 0.3 is 6.09 Å².